The first-order valence-electron chi connectivity index (χ1n) is 7.05. The van der Waals surface area contributed by atoms with E-state index in [0.717, 1.165) is 49.4 Å². The van der Waals surface area contributed by atoms with Gasteiger partial charge < -0.3 is 5.32 Å². The summed E-state index contributed by atoms with van der Waals surface area (Å²) in [4.78, 5) is 11.6. The molecular formula is C14H24N4. The standard InChI is InChI=1S/C14H24N4/c1-4-8-15-13-9-11(3)16-14(17-13)10-18(5-2)12-6-7-12/h9,12H,4-8,10H2,1-3H3,(H,15,16,17). The Hall–Kier alpha value is -1.16. The van der Waals surface area contributed by atoms with Crippen molar-refractivity contribution in [3.8, 4) is 0 Å². The second-order valence-electron chi connectivity index (χ2n) is 5.03. The topological polar surface area (TPSA) is 41.1 Å². The van der Waals surface area contributed by atoms with Crippen molar-refractivity contribution in [2.75, 3.05) is 18.4 Å². The van der Waals surface area contributed by atoms with Crippen molar-refractivity contribution in [3.63, 3.8) is 0 Å². The van der Waals surface area contributed by atoms with Crippen LogP contribution in [-0.4, -0.2) is 34.0 Å². The third-order valence-corrected chi connectivity index (χ3v) is 3.27. The van der Waals surface area contributed by atoms with Gasteiger partial charge in [0.05, 0.1) is 6.54 Å². The summed E-state index contributed by atoms with van der Waals surface area (Å²) in [7, 11) is 0. The zero-order chi connectivity index (χ0) is 13.0. The molecule has 0 radical (unpaired) electrons. The van der Waals surface area contributed by atoms with E-state index < -0.39 is 0 Å². The van der Waals surface area contributed by atoms with E-state index >= 15 is 0 Å². The third-order valence-electron chi connectivity index (χ3n) is 3.27. The molecule has 1 heterocycles. The molecule has 0 atom stereocenters. The van der Waals surface area contributed by atoms with Crippen LogP contribution in [0.25, 0.3) is 0 Å². The quantitative estimate of drug-likeness (QED) is 0.805. The Balaban J connectivity index is 2.04. The molecule has 0 bridgehead atoms. The van der Waals surface area contributed by atoms with Crippen molar-refractivity contribution in [2.24, 2.45) is 0 Å². The highest BCUT2D eigenvalue weighted by molar-refractivity contribution is 5.35. The van der Waals surface area contributed by atoms with Crippen LogP contribution in [0.3, 0.4) is 0 Å². The van der Waals surface area contributed by atoms with Gasteiger partial charge in [0.25, 0.3) is 0 Å². The second kappa shape index (κ2) is 6.14. The largest absolute Gasteiger partial charge is 0.370 e. The summed E-state index contributed by atoms with van der Waals surface area (Å²) >= 11 is 0. The highest BCUT2D eigenvalue weighted by atomic mass is 15.2. The molecule has 4 heteroatoms. The van der Waals surface area contributed by atoms with Crippen molar-refractivity contribution in [1.29, 1.82) is 0 Å². The van der Waals surface area contributed by atoms with Gasteiger partial charge in [-0.25, -0.2) is 9.97 Å². The molecule has 1 aliphatic rings. The van der Waals surface area contributed by atoms with E-state index in [-0.39, 0.29) is 0 Å². The maximum Gasteiger partial charge on any atom is 0.144 e. The van der Waals surface area contributed by atoms with Gasteiger partial charge in [0, 0.05) is 24.3 Å². The molecule has 0 amide bonds. The van der Waals surface area contributed by atoms with Gasteiger partial charge >= 0.3 is 0 Å². The molecule has 0 unspecified atom stereocenters. The number of rotatable bonds is 7. The molecule has 0 aromatic carbocycles. The lowest BCUT2D eigenvalue weighted by atomic mass is 10.3. The minimum absolute atomic E-state index is 0.770. The van der Waals surface area contributed by atoms with Gasteiger partial charge in [0.2, 0.25) is 0 Å². The average molecular weight is 248 g/mol. The van der Waals surface area contributed by atoms with Crippen molar-refractivity contribution >= 4 is 5.82 Å². The molecular weight excluding hydrogens is 224 g/mol. The van der Waals surface area contributed by atoms with Crippen LogP contribution in [0.1, 0.15) is 44.6 Å². The zero-order valence-corrected chi connectivity index (χ0v) is 11.7. The fourth-order valence-electron chi connectivity index (χ4n) is 2.16. The minimum Gasteiger partial charge on any atom is -0.370 e. The molecule has 0 spiro atoms. The summed E-state index contributed by atoms with van der Waals surface area (Å²) < 4.78 is 0. The predicted molar refractivity (Wildman–Crippen MR) is 74.7 cm³/mol. The molecule has 18 heavy (non-hydrogen) atoms. The van der Waals surface area contributed by atoms with E-state index in [1.807, 2.05) is 13.0 Å². The highest BCUT2D eigenvalue weighted by Gasteiger charge is 2.28. The smallest absolute Gasteiger partial charge is 0.144 e. The van der Waals surface area contributed by atoms with E-state index in [4.69, 9.17) is 0 Å². The van der Waals surface area contributed by atoms with Gasteiger partial charge in [-0.05, 0) is 32.7 Å². The van der Waals surface area contributed by atoms with Crippen LogP contribution < -0.4 is 5.32 Å². The second-order valence-corrected chi connectivity index (χ2v) is 5.03. The summed E-state index contributed by atoms with van der Waals surface area (Å²) in [5, 5.41) is 3.34. The maximum atomic E-state index is 4.61. The summed E-state index contributed by atoms with van der Waals surface area (Å²) in [5.74, 6) is 1.91. The first-order chi connectivity index (χ1) is 8.72. The fraction of sp³-hybridized carbons (Fsp3) is 0.714. The number of anilines is 1. The van der Waals surface area contributed by atoms with Crippen LogP contribution in [-0.2, 0) is 6.54 Å². The highest BCUT2D eigenvalue weighted by Crippen LogP contribution is 2.27. The molecule has 1 saturated carbocycles. The lowest BCUT2D eigenvalue weighted by Crippen LogP contribution is -2.26. The molecule has 1 N–H and O–H groups in total. The van der Waals surface area contributed by atoms with Crippen molar-refractivity contribution in [2.45, 2.75) is 52.6 Å². The van der Waals surface area contributed by atoms with E-state index in [1.165, 1.54) is 12.8 Å². The van der Waals surface area contributed by atoms with Crippen molar-refractivity contribution in [3.05, 3.63) is 17.6 Å². The van der Waals surface area contributed by atoms with Crippen LogP contribution in [0.15, 0.2) is 6.07 Å². The monoisotopic (exact) mass is 248 g/mol. The van der Waals surface area contributed by atoms with Gasteiger partial charge in [0.1, 0.15) is 11.6 Å². The minimum atomic E-state index is 0.770. The Labute approximate surface area is 110 Å². The van der Waals surface area contributed by atoms with Crippen LogP contribution in [0.2, 0.25) is 0 Å². The zero-order valence-electron chi connectivity index (χ0n) is 11.7. The molecule has 0 saturated heterocycles. The van der Waals surface area contributed by atoms with Gasteiger partial charge in [-0.1, -0.05) is 13.8 Å². The number of hydrogen-bond acceptors (Lipinski definition) is 4. The van der Waals surface area contributed by atoms with Crippen LogP contribution in [0, 0.1) is 6.92 Å². The fourth-order valence-corrected chi connectivity index (χ4v) is 2.16. The molecule has 0 aliphatic heterocycles. The summed E-state index contributed by atoms with van der Waals surface area (Å²) in [6, 6.07) is 2.79. The number of hydrogen-bond donors (Lipinski definition) is 1. The Morgan fingerprint density at radius 1 is 1.33 bits per heavy atom. The lowest BCUT2D eigenvalue weighted by Gasteiger charge is -2.19. The first-order valence-corrected chi connectivity index (χ1v) is 7.05. The van der Waals surface area contributed by atoms with Gasteiger partial charge in [-0.2, -0.15) is 0 Å². The summed E-state index contributed by atoms with van der Waals surface area (Å²) in [6.07, 6.45) is 3.78. The molecule has 1 aromatic rings. The van der Waals surface area contributed by atoms with Gasteiger partial charge in [0.15, 0.2) is 0 Å². The van der Waals surface area contributed by atoms with E-state index in [9.17, 15) is 0 Å². The average Bonchev–Trinajstić information content (AvgIpc) is 3.17. The number of nitrogens with one attached hydrogen (secondary N) is 1. The molecule has 1 aromatic heterocycles. The summed E-state index contributed by atoms with van der Waals surface area (Å²) in [6.45, 7) is 9.34. The van der Waals surface area contributed by atoms with E-state index in [1.54, 1.807) is 0 Å². The molecule has 1 aliphatic carbocycles. The molecule has 100 valence electrons. The van der Waals surface area contributed by atoms with Gasteiger partial charge in [-0.15, -0.1) is 0 Å². The number of aryl methyl sites for hydroxylation is 1. The summed E-state index contributed by atoms with van der Waals surface area (Å²) in [5.41, 5.74) is 1.05. The Bertz CT molecular complexity index is 387. The first kappa shape index (κ1) is 13.3. The van der Waals surface area contributed by atoms with Crippen molar-refractivity contribution in [1.82, 2.24) is 14.9 Å². The van der Waals surface area contributed by atoms with Gasteiger partial charge in [-0.3, -0.25) is 4.90 Å². The maximum absolute atomic E-state index is 4.61. The molecule has 1 fully saturated rings. The van der Waals surface area contributed by atoms with E-state index in [0.29, 0.717) is 0 Å². The van der Waals surface area contributed by atoms with Crippen molar-refractivity contribution < 1.29 is 0 Å². The predicted octanol–water partition coefficient (Wildman–Crippen LogP) is 2.59. The molecule has 2 rings (SSSR count). The number of nitrogens with zero attached hydrogens (tertiary/aromatic N) is 3. The SMILES string of the molecule is CCCNc1cc(C)nc(CN(CC)C2CC2)n1. The third kappa shape index (κ3) is 3.67. The van der Waals surface area contributed by atoms with Crippen LogP contribution in [0.4, 0.5) is 5.82 Å². The molecule has 4 nitrogen and oxygen atoms in total. The van der Waals surface area contributed by atoms with Crippen LogP contribution >= 0.6 is 0 Å². The Morgan fingerprint density at radius 3 is 2.72 bits per heavy atom. The van der Waals surface area contributed by atoms with E-state index in [2.05, 4.69) is 34.0 Å². The Kier molecular flexibility index (Phi) is 4.53. The Morgan fingerprint density at radius 2 is 2.11 bits per heavy atom. The lowest BCUT2D eigenvalue weighted by molar-refractivity contribution is 0.262. The number of aromatic nitrogens is 2. The van der Waals surface area contributed by atoms with Crippen LogP contribution in [0.5, 0.6) is 0 Å². The normalized spacial score (nSPS) is 15.1.